The third-order valence-electron chi connectivity index (χ3n) is 2.09. The molecule has 1 heteroatoms. The van der Waals surface area contributed by atoms with Crippen LogP contribution in [0.15, 0.2) is 36.6 Å². The molecular formula is C12H11N. The van der Waals surface area contributed by atoms with Gasteiger partial charge in [-0.25, -0.2) is 0 Å². The van der Waals surface area contributed by atoms with Crippen LogP contribution >= 0.6 is 0 Å². The summed E-state index contributed by atoms with van der Waals surface area (Å²) in [5.41, 5.74) is 3.52. The Balaban J connectivity index is 2.62. The summed E-state index contributed by atoms with van der Waals surface area (Å²) in [7, 11) is 0. The number of allylic oxidation sites excluding steroid dienone is 4. The Morgan fingerprint density at radius 2 is 1.77 bits per heavy atom. The molecule has 0 radical (unpaired) electrons. The molecule has 0 saturated heterocycles. The highest BCUT2D eigenvalue weighted by Crippen LogP contribution is 2.16. The monoisotopic (exact) mass is 169 g/mol. The van der Waals surface area contributed by atoms with E-state index in [1.165, 1.54) is 11.1 Å². The van der Waals surface area contributed by atoms with Gasteiger partial charge >= 0.3 is 0 Å². The minimum atomic E-state index is 1.04. The van der Waals surface area contributed by atoms with Crippen molar-refractivity contribution in [1.29, 1.82) is 0 Å². The van der Waals surface area contributed by atoms with Crippen LogP contribution in [0, 0.1) is 6.92 Å². The van der Waals surface area contributed by atoms with E-state index in [4.69, 9.17) is 0 Å². The zero-order chi connectivity index (χ0) is 9.10. The van der Waals surface area contributed by atoms with Gasteiger partial charge in [0.25, 0.3) is 0 Å². The van der Waals surface area contributed by atoms with Crippen molar-refractivity contribution in [2.75, 3.05) is 0 Å². The van der Waals surface area contributed by atoms with Crippen LogP contribution in [0.3, 0.4) is 0 Å². The summed E-state index contributed by atoms with van der Waals surface area (Å²) >= 11 is 0. The summed E-state index contributed by atoms with van der Waals surface area (Å²) < 4.78 is 0. The van der Waals surface area contributed by atoms with Gasteiger partial charge in [-0.1, -0.05) is 30.4 Å². The SMILES string of the molecule is Cc1ccnc2c1\C=C/C=C\C=C/2. The maximum Gasteiger partial charge on any atom is 0.0704 e. The Morgan fingerprint density at radius 1 is 1.00 bits per heavy atom. The minimum absolute atomic E-state index is 1.04. The second-order valence-corrected chi connectivity index (χ2v) is 3.03. The first-order valence-corrected chi connectivity index (χ1v) is 4.35. The van der Waals surface area contributed by atoms with Crippen LogP contribution in [-0.4, -0.2) is 4.98 Å². The molecule has 0 N–H and O–H groups in total. The van der Waals surface area contributed by atoms with E-state index in [-0.39, 0.29) is 0 Å². The van der Waals surface area contributed by atoms with Crippen molar-refractivity contribution in [3.05, 3.63) is 53.4 Å². The van der Waals surface area contributed by atoms with Crippen molar-refractivity contribution in [1.82, 2.24) is 4.98 Å². The molecule has 1 aromatic rings. The van der Waals surface area contributed by atoms with E-state index in [9.17, 15) is 0 Å². The average Bonchev–Trinajstić information content (AvgIpc) is 2.07. The molecule has 13 heavy (non-hydrogen) atoms. The maximum atomic E-state index is 4.31. The summed E-state index contributed by atoms with van der Waals surface area (Å²) in [4.78, 5) is 4.31. The number of aromatic nitrogens is 1. The lowest BCUT2D eigenvalue weighted by atomic mass is 10.1. The summed E-state index contributed by atoms with van der Waals surface area (Å²) in [6.45, 7) is 2.10. The van der Waals surface area contributed by atoms with Crippen LogP contribution in [0.1, 0.15) is 16.8 Å². The molecule has 0 spiro atoms. The molecule has 1 aliphatic rings. The van der Waals surface area contributed by atoms with E-state index in [1.54, 1.807) is 0 Å². The Hall–Kier alpha value is -1.63. The highest BCUT2D eigenvalue weighted by molar-refractivity contribution is 5.67. The molecule has 0 unspecified atom stereocenters. The van der Waals surface area contributed by atoms with Gasteiger partial charge in [-0.2, -0.15) is 0 Å². The lowest BCUT2D eigenvalue weighted by molar-refractivity contribution is 1.24. The number of pyridine rings is 1. The Kier molecular flexibility index (Phi) is 2.09. The smallest absolute Gasteiger partial charge is 0.0704 e. The minimum Gasteiger partial charge on any atom is -0.256 e. The number of rotatable bonds is 0. The lowest BCUT2D eigenvalue weighted by Gasteiger charge is -2.04. The summed E-state index contributed by atoms with van der Waals surface area (Å²) in [6.07, 6.45) is 14.0. The van der Waals surface area contributed by atoms with Crippen molar-refractivity contribution in [3.8, 4) is 0 Å². The lowest BCUT2D eigenvalue weighted by Crippen LogP contribution is -1.90. The molecule has 1 nitrogen and oxygen atoms in total. The van der Waals surface area contributed by atoms with Crippen LogP contribution < -0.4 is 0 Å². The Labute approximate surface area is 78.1 Å². The van der Waals surface area contributed by atoms with E-state index < -0.39 is 0 Å². The largest absolute Gasteiger partial charge is 0.256 e. The predicted octanol–water partition coefficient (Wildman–Crippen LogP) is 2.99. The summed E-state index contributed by atoms with van der Waals surface area (Å²) in [6, 6.07) is 2.03. The van der Waals surface area contributed by atoms with Crippen molar-refractivity contribution in [2.24, 2.45) is 0 Å². The molecule has 0 aliphatic heterocycles. The second-order valence-electron chi connectivity index (χ2n) is 3.03. The molecule has 2 rings (SSSR count). The third-order valence-corrected chi connectivity index (χ3v) is 2.09. The number of nitrogens with zero attached hydrogens (tertiary/aromatic N) is 1. The van der Waals surface area contributed by atoms with Crippen molar-refractivity contribution in [3.63, 3.8) is 0 Å². The average molecular weight is 169 g/mol. The van der Waals surface area contributed by atoms with Gasteiger partial charge < -0.3 is 0 Å². The first-order valence-electron chi connectivity index (χ1n) is 4.35. The van der Waals surface area contributed by atoms with E-state index in [2.05, 4.69) is 18.0 Å². The molecule has 0 bridgehead atoms. The van der Waals surface area contributed by atoms with Gasteiger partial charge in [-0.3, -0.25) is 4.98 Å². The van der Waals surface area contributed by atoms with Gasteiger partial charge in [-0.15, -0.1) is 0 Å². The van der Waals surface area contributed by atoms with Crippen LogP contribution in [0.4, 0.5) is 0 Å². The Morgan fingerprint density at radius 3 is 2.62 bits per heavy atom. The van der Waals surface area contributed by atoms with E-state index >= 15 is 0 Å². The maximum absolute atomic E-state index is 4.31. The van der Waals surface area contributed by atoms with Crippen molar-refractivity contribution in [2.45, 2.75) is 6.92 Å². The normalized spacial score (nSPS) is 21.0. The molecular weight excluding hydrogens is 158 g/mol. The van der Waals surface area contributed by atoms with Gasteiger partial charge in [-0.05, 0) is 24.6 Å². The highest BCUT2D eigenvalue weighted by Gasteiger charge is 2.00. The first-order chi connectivity index (χ1) is 6.38. The number of fused-ring (bicyclic) bond motifs is 1. The fourth-order valence-corrected chi connectivity index (χ4v) is 1.37. The number of hydrogen-bond donors (Lipinski definition) is 0. The van der Waals surface area contributed by atoms with Gasteiger partial charge in [0, 0.05) is 11.8 Å². The zero-order valence-electron chi connectivity index (χ0n) is 7.57. The van der Waals surface area contributed by atoms with Crippen LogP contribution in [0.5, 0.6) is 0 Å². The van der Waals surface area contributed by atoms with E-state index in [0.29, 0.717) is 0 Å². The molecule has 0 amide bonds. The highest BCUT2D eigenvalue weighted by atomic mass is 14.7. The third kappa shape index (κ3) is 1.59. The number of aryl methyl sites for hydroxylation is 1. The molecule has 0 saturated carbocycles. The summed E-state index contributed by atoms with van der Waals surface area (Å²) in [5.74, 6) is 0. The molecule has 0 atom stereocenters. The standard InChI is InChI=1S/C12H11N/c1-10-8-9-13-12-7-5-3-2-4-6-11(10)12/h2-9H,1H3/b3-2-,4-2?,5-3?,6-4-,7-5-,11-6?,12-7?. The molecule has 1 heterocycles. The van der Waals surface area contributed by atoms with Gasteiger partial charge in [0.1, 0.15) is 0 Å². The fraction of sp³-hybridized carbons (Fsp3) is 0.0833. The van der Waals surface area contributed by atoms with Crippen LogP contribution in [0.25, 0.3) is 12.2 Å². The van der Waals surface area contributed by atoms with Crippen molar-refractivity contribution < 1.29 is 0 Å². The number of hydrogen-bond acceptors (Lipinski definition) is 1. The van der Waals surface area contributed by atoms with Gasteiger partial charge in [0.05, 0.1) is 5.69 Å². The molecule has 1 aliphatic carbocycles. The zero-order valence-corrected chi connectivity index (χ0v) is 7.57. The Bertz CT molecular complexity index is 398. The predicted molar refractivity (Wildman–Crippen MR) is 56.2 cm³/mol. The van der Waals surface area contributed by atoms with Crippen molar-refractivity contribution >= 4 is 12.2 Å². The quantitative estimate of drug-likeness (QED) is 0.581. The fourth-order valence-electron chi connectivity index (χ4n) is 1.37. The van der Waals surface area contributed by atoms with E-state index in [1.807, 2.05) is 42.6 Å². The van der Waals surface area contributed by atoms with E-state index in [0.717, 1.165) is 5.69 Å². The molecule has 0 fully saturated rings. The summed E-state index contributed by atoms with van der Waals surface area (Å²) in [5, 5.41) is 0. The van der Waals surface area contributed by atoms with Gasteiger partial charge in [0.2, 0.25) is 0 Å². The van der Waals surface area contributed by atoms with Gasteiger partial charge in [0.15, 0.2) is 0 Å². The molecule has 64 valence electrons. The topological polar surface area (TPSA) is 12.9 Å². The van der Waals surface area contributed by atoms with Crippen LogP contribution in [0.2, 0.25) is 0 Å². The second kappa shape index (κ2) is 3.40. The first kappa shape index (κ1) is 7.99. The molecule has 0 aromatic carbocycles. The molecule has 1 aromatic heterocycles. The van der Waals surface area contributed by atoms with Crippen LogP contribution in [-0.2, 0) is 0 Å².